The van der Waals surface area contributed by atoms with Crippen LogP contribution < -0.4 is 20.3 Å². The summed E-state index contributed by atoms with van der Waals surface area (Å²) in [6.07, 6.45) is 3.26. The van der Waals surface area contributed by atoms with Crippen LogP contribution in [-0.2, 0) is 11.3 Å². The highest BCUT2D eigenvalue weighted by atomic mass is 127. The molecule has 176 valence electrons. The zero-order valence-corrected chi connectivity index (χ0v) is 21.6. The molecule has 8 heteroatoms. The molecule has 3 rings (SSSR count). The van der Waals surface area contributed by atoms with Crippen molar-refractivity contribution in [3.8, 4) is 5.75 Å². The van der Waals surface area contributed by atoms with Gasteiger partial charge in [-0.3, -0.25) is 0 Å². The van der Waals surface area contributed by atoms with Gasteiger partial charge in [-0.05, 0) is 51.0 Å². The van der Waals surface area contributed by atoms with Crippen molar-refractivity contribution in [1.82, 2.24) is 15.6 Å². The molecular weight excluding hydrogens is 517 g/mol. The predicted molar refractivity (Wildman–Crippen MR) is 141 cm³/mol. The van der Waals surface area contributed by atoms with E-state index in [-0.39, 0.29) is 36.2 Å². The summed E-state index contributed by atoms with van der Waals surface area (Å²) in [5.41, 5.74) is 1.09. The van der Waals surface area contributed by atoms with E-state index in [1.807, 2.05) is 36.5 Å². The lowest BCUT2D eigenvalue weighted by Gasteiger charge is -2.36. The van der Waals surface area contributed by atoms with Crippen molar-refractivity contribution in [2.75, 3.05) is 37.7 Å². The van der Waals surface area contributed by atoms with Gasteiger partial charge >= 0.3 is 0 Å². The molecule has 2 atom stereocenters. The number of morpholine rings is 1. The molecule has 0 spiro atoms. The Hall–Kier alpha value is -2.07. The molecule has 0 aliphatic carbocycles. The highest BCUT2D eigenvalue weighted by Crippen LogP contribution is 2.18. The van der Waals surface area contributed by atoms with Crippen molar-refractivity contribution < 1.29 is 9.47 Å². The number of ether oxygens (including phenoxy) is 2. The summed E-state index contributed by atoms with van der Waals surface area (Å²) in [4.78, 5) is 11.6. The minimum Gasteiger partial charge on any atom is -0.494 e. The number of rotatable bonds is 9. The highest BCUT2D eigenvalue weighted by Gasteiger charge is 2.22. The number of nitrogens with zero attached hydrogens (tertiary/aromatic N) is 3. The van der Waals surface area contributed by atoms with E-state index in [4.69, 9.17) is 9.47 Å². The van der Waals surface area contributed by atoms with Crippen LogP contribution in [0.25, 0.3) is 0 Å². The Kier molecular flexibility index (Phi) is 11.6. The van der Waals surface area contributed by atoms with Crippen LogP contribution in [0, 0.1) is 0 Å². The zero-order chi connectivity index (χ0) is 21.9. The summed E-state index contributed by atoms with van der Waals surface area (Å²) < 4.78 is 11.5. The minimum atomic E-state index is 0. The second-order valence-corrected chi connectivity index (χ2v) is 7.82. The lowest BCUT2D eigenvalue weighted by Crippen LogP contribution is -2.45. The number of para-hydroxylation sites is 1. The second kappa shape index (κ2) is 14.2. The normalized spacial score (nSPS) is 18.6. The second-order valence-electron chi connectivity index (χ2n) is 7.82. The number of nitrogens with one attached hydrogen (secondary N) is 2. The number of halogens is 1. The molecule has 0 saturated carbocycles. The molecule has 0 radical (unpaired) electrons. The minimum absolute atomic E-state index is 0. The maximum absolute atomic E-state index is 5.81. The Labute approximate surface area is 209 Å². The predicted octanol–water partition coefficient (Wildman–Crippen LogP) is 3.84. The van der Waals surface area contributed by atoms with E-state index >= 15 is 0 Å². The van der Waals surface area contributed by atoms with Crippen molar-refractivity contribution in [3.63, 3.8) is 0 Å². The number of benzene rings is 1. The number of hydrogen-bond acceptors (Lipinski definition) is 5. The van der Waals surface area contributed by atoms with Gasteiger partial charge in [0.15, 0.2) is 5.96 Å². The largest absolute Gasteiger partial charge is 0.494 e. The van der Waals surface area contributed by atoms with Crippen LogP contribution >= 0.6 is 24.0 Å². The van der Waals surface area contributed by atoms with Gasteiger partial charge in [0, 0.05) is 32.4 Å². The molecule has 1 aliphatic rings. The smallest absolute Gasteiger partial charge is 0.191 e. The quantitative estimate of drug-likeness (QED) is 0.213. The number of guanidine groups is 1. The van der Waals surface area contributed by atoms with Crippen molar-refractivity contribution in [1.29, 1.82) is 0 Å². The van der Waals surface area contributed by atoms with Crippen molar-refractivity contribution >= 4 is 35.8 Å². The van der Waals surface area contributed by atoms with Crippen molar-refractivity contribution in [2.45, 2.75) is 45.9 Å². The van der Waals surface area contributed by atoms with Crippen LogP contribution in [-0.4, -0.2) is 55.9 Å². The van der Waals surface area contributed by atoms with Crippen molar-refractivity contribution in [2.24, 2.45) is 4.99 Å². The number of aliphatic imine (C=N–C) groups is 1. The summed E-state index contributed by atoms with van der Waals surface area (Å²) in [7, 11) is 0. The molecule has 2 heterocycles. The fraction of sp³-hybridized carbons (Fsp3) is 0.500. The number of aromatic nitrogens is 1. The average Bonchev–Trinajstić information content (AvgIpc) is 2.77. The molecule has 1 fully saturated rings. The topological polar surface area (TPSA) is 71.0 Å². The molecule has 2 N–H and O–H groups in total. The third-order valence-electron chi connectivity index (χ3n) is 4.94. The van der Waals surface area contributed by atoms with Crippen LogP contribution in [0.1, 0.15) is 32.8 Å². The first-order chi connectivity index (χ1) is 15.1. The summed E-state index contributed by atoms with van der Waals surface area (Å²) in [6, 6.07) is 14.1. The van der Waals surface area contributed by atoms with E-state index in [9.17, 15) is 0 Å². The number of pyridine rings is 1. The molecule has 1 aromatic carbocycles. The maximum atomic E-state index is 5.81. The van der Waals surface area contributed by atoms with Crippen LogP contribution in [0.3, 0.4) is 0 Å². The van der Waals surface area contributed by atoms with Crippen LogP contribution in [0.2, 0.25) is 0 Å². The summed E-state index contributed by atoms with van der Waals surface area (Å²) in [6.45, 7) is 10.9. The van der Waals surface area contributed by atoms with Gasteiger partial charge in [-0.2, -0.15) is 0 Å². The van der Waals surface area contributed by atoms with Crippen LogP contribution in [0.15, 0.2) is 53.7 Å². The van der Waals surface area contributed by atoms with Crippen LogP contribution in [0.5, 0.6) is 5.75 Å². The molecule has 1 saturated heterocycles. The maximum Gasteiger partial charge on any atom is 0.191 e. The SMILES string of the molecule is CCNC(=NCc1ccc(N2CC(C)OC(C)C2)nc1)NCCCOc1ccccc1.I. The third-order valence-corrected chi connectivity index (χ3v) is 4.94. The zero-order valence-electron chi connectivity index (χ0n) is 19.3. The Morgan fingerprint density at radius 1 is 1.12 bits per heavy atom. The lowest BCUT2D eigenvalue weighted by atomic mass is 10.2. The molecule has 1 aromatic heterocycles. The molecule has 2 aromatic rings. The van der Waals surface area contributed by atoms with Gasteiger partial charge < -0.3 is 25.0 Å². The van der Waals surface area contributed by atoms with E-state index in [0.717, 1.165) is 55.7 Å². The Morgan fingerprint density at radius 3 is 2.53 bits per heavy atom. The van der Waals surface area contributed by atoms with Gasteiger partial charge in [0.05, 0.1) is 25.4 Å². The van der Waals surface area contributed by atoms with E-state index in [0.29, 0.717) is 13.2 Å². The first kappa shape index (κ1) is 26.2. The summed E-state index contributed by atoms with van der Waals surface area (Å²) >= 11 is 0. The fourth-order valence-corrected chi connectivity index (χ4v) is 3.56. The van der Waals surface area contributed by atoms with E-state index < -0.39 is 0 Å². The molecule has 1 aliphatic heterocycles. The molecule has 2 unspecified atom stereocenters. The van der Waals surface area contributed by atoms with Crippen LogP contribution in [0.4, 0.5) is 5.82 Å². The first-order valence-electron chi connectivity index (χ1n) is 11.2. The van der Waals surface area contributed by atoms with Gasteiger partial charge in [-0.25, -0.2) is 9.98 Å². The molecular formula is C24H36IN5O2. The Morgan fingerprint density at radius 2 is 1.88 bits per heavy atom. The lowest BCUT2D eigenvalue weighted by molar-refractivity contribution is -0.00545. The Balaban J connectivity index is 0.00000363. The highest BCUT2D eigenvalue weighted by molar-refractivity contribution is 14.0. The van der Waals surface area contributed by atoms with E-state index in [1.165, 1.54) is 0 Å². The summed E-state index contributed by atoms with van der Waals surface area (Å²) in [5, 5.41) is 6.66. The number of hydrogen-bond donors (Lipinski definition) is 2. The van der Waals surface area contributed by atoms with Crippen molar-refractivity contribution in [3.05, 3.63) is 54.2 Å². The average molecular weight is 553 g/mol. The van der Waals surface area contributed by atoms with Gasteiger partial charge in [-0.1, -0.05) is 24.3 Å². The third kappa shape index (κ3) is 8.82. The number of anilines is 1. The van der Waals surface area contributed by atoms with Gasteiger partial charge in [0.25, 0.3) is 0 Å². The van der Waals surface area contributed by atoms with Gasteiger partial charge in [0.2, 0.25) is 0 Å². The standard InChI is InChI=1S/C24H35N5O2.HI/c1-4-25-24(26-13-8-14-30-22-9-6-5-7-10-22)28-16-21-11-12-23(27-15-21)29-17-19(2)31-20(3)18-29;/h5-7,9-12,15,19-20H,4,8,13-14,16-18H2,1-3H3,(H2,25,26,28);1H. The molecule has 7 nitrogen and oxygen atoms in total. The Bertz CT molecular complexity index is 794. The van der Waals surface area contributed by atoms with E-state index in [1.54, 1.807) is 0 Å². The summed E-state index contributed by atoms with van der Waals surface area (Å²) in [5.74, 6) is 2.71. The monoisotopic (exact) mass is 553 g/mol. The molecule has 32 heavy (non-hydrogen) atoms. The van der Waals surface area contributed by atoms with Gasteiger partial charge in [-0.15, -0.1) is 24.0 Å². The van der Waals surface area contributed by atoms with Gasteiger partial charge in [0.1, 0.15) is 11.6 Å². The van der Waals surface area contributed by atoms with E-state index in [2.05, 4.69) is 58.4 Å². The molecule has 0 bridgehead atoms. The fourth-order valence-electron chi connectivity index (χ4n) is 3.56. The molecule has 0 amide bonds. The first-order valence-corrected chi connectivity index (χ1v) is 11.2.